The van der Waals surface area contributed by atoms with Gasteiger partial charge < -0.3 is 10.6 Å². The highest BCUT2D eigenvalue weighted by molar-refractivity contribution is 8.00. The van der Waals surface area contributed by atoms with Gasteiger partial charge in [0.25, 0.3) is 0 Å². The summed E-state index contributed by atoms with van der Waals surface area (Å²) in [6.45, 7) is -0.987. The number of rotatable bonds is 5. The highest BCUT2D eigenvalue weighted by Crippen LogP contribution is 2.36. The molecule has 0 spiro atoms. The average Bonchev–Trinajstić information content (AvgIpc) is 2.82. The molecule has 2 N–H and O–H groups in total. The Morgan fingerprint density at radius 3 is 2.69 bits per heavy atom. The Bertz CT molecular complexity index is 879. The van der Waals surface area contributed by atoms with E-state index in [1.165, 1.54) is 11.8 Å². The van der Waals surface area contributed by atoms with Crippen molar-refractivity contribution in [1.82, 2.24) is 10.6 Å². The molecule has 1 heterocycles. The zero-order valence-corrected chi connectivity index (χ0v) is 17.6. The highest BCUT2D eigenvalue weighted by Gasteiger charge is 2.30. The minimum atomic E-state index is -4.27. The van der Waals surface area contributed by atoms with Crippen LogP contribution in [0, 0.1) is 0 Å². The SMILES string of the molecule is O=C1N[C@H](CNCC(F)(F)F)CCS[C@@H]1c1cccc(-c2ccc(Cl)cc2Cl)c1. The smallest absolute Gasteiger partial charge is 0.351 e. The zero-order chi connectivity index (χ0) is 21.0. The summed E-state index contributed by atoms with van der Waals surface area (Å²) in [5.74, 6) is 0.457. The van der Waals surface area contributed by atoms with E-state index in [-0.39, 0.29) is 18.5 Å². The van der Waals surface area contributed by atoms with Gasteiger partial charge in [0, 0.05) is 28.2 Å². The van der Waals surface area contributed by atoms with Crippen molar-refractivity contribution in [3.8, 4) is 11.1 Å². The third-order valence-electron chi connectivity index (χ3n) is 4.48. The summed E-state index contributed by atoms with van der Waals surface area (Å²) >= 11 is 13.7. The lowest BCUT2D eigenvalue weighted by Crippen LogP contribution is -2.44. The molecule has 3 nitrogen and oxygen atoms in total. The van der Waals surface area contributed by atoms with E-state index in [4.69, 9.17) is 23.2 Å². The van der Waals surface area contributed by atoms with Crippen molar-refractivity contribution >= 4 is 40.9 Å². The molecule has 1 saturated heterocycles. The van der Waals surface area contributed by atoms with Crippen LogP contribution in [0.25, 0.3) is 11.1 Å². The predicted molar refractivity (Wildman–Crippen MR) is 113 cm³/mol. The Hall–Kier alpha value is -1.41. The third kappa shape index (κ3) is 6.28. The Morgan fingerprint density at radius 2 is 1.97 bits per heavy atom. The van der Waals surface area contributed by atoms with E-state index in [1.54, 1.807) is 12.1 Å². The fourth-order valence-corrected chi connectivity index (χ4v) is 4.87. The third-order valence-corrected chi connectivity index (χ3v) is 6.32. The van der Waals surface area contributed by atoms with Crippen LogP contribution in [-0.2, 0) is 4.79 Å². The maximum atomic E-state index is 12.7. The number of carbonyl (C=O) groups is 1. The molecule has 1 amide bonds. The molecule has 2 aromatic rings. The lowest BCUT2D eigenvalue weighted by Gasteiger charge is -2.19. The van der Waals surface area contributed by atoms with E-state index >= 15 is 0 Å². The van der Waals surface area contributed by atoms with Crippen LogP contribution in [0.5, 0.6) is 0 Å². The van der Waals surface area contributed by atoms with Crippen molar-refractivity contribution in [2.45, 2.75) is 23.9 Å². The maximum Gasteiger partial charge on any atom is 0.401 e. The van der Waals surface area contributed by atoms with Crippen LogP contribution in [0.1, 0.15) is 17.2 Å². The van der Waals surface area contributed by atoms with Gasteiger partial charge in [-0.2, -0.15) is 13.2 Å². The second kappa shape index (κ2) is 9.60. The van der Waals surface area contributed by atoms with Gasteiger partial charge in [-0.25, -0.2) is 0 Å². The molecule has 9 heteroatoms. The van der Waals surface area contributed by atoms with Crippen LogP contribution in [0.3, 0.4) is 0 Å². The summed E-state index contributed by atoms with van der Waals surface area (Å²) < 4.78 is 36.9. The molecule has 0 bridgehead atoms. The van der Waals surface area contributed by atoms with Crippen molar-refractivity contribution in [2.24, 2.45) is 0 Å². The first kappa shape index (κ1) is 22.3. The van der Waals surface area contributed by atoms with E-state index in [1.807, 2.05) is 30.3 Å². The second-order valence-electron chi connectivity index (χ2n) is 6.74. The van der Waals surface area contributed by atoms with Crippen molar-refractivity contribution in [3.05, 3.63) is 58.1 Å². The van der Waals surface area contributed by atoms with Crippen molar-refractivity contribution in [3.63, 3.8) is 0 Å². The van der Waals surface area contributed by atoms with E-state index < -0.39 is 18.0 Å². The molecule has 2 aromatic carbocycles. The number of thioether (sulfide) groups is 1. The summed E-state index contributed by atoms with van der Waals surface area (Å²) in [6.07, 6.45) is -3.67. The Kier molecular flexibility index (Phi) is 7.37. The molecule has 0 aliphatic carbocycles. The quantitative estimate of drug-likeness (QED) is 0.618. The first-order valence-corrected chi connectivity index (χ1v) is 10.8. The van der Waals surface area contributed by atoms with Gasteiger partial charge in [-0.3, -0.25) is 4.79 Å². The van der Waals surface area contributed by atoms with E-state index in [9.17, 15) is 18.0 Å². The van der Waals surface area contributed by atoms with Gasteiger partial charge in [-0.15, -0.1) is 11.8 Å². The normalized spacial score (nSPS) is 20.2. The first-order valence-electron chi connectivity index (χ1n) is 8.98. The summed E-state index contributed by atoms with van der Waals surface area (Å²) in [6, 6.07) is 12.4. The van der Waals surface area contributed by atoms with Gasteiger partial charge in [0.15, 0.2) is 0 Å². The molecule has 1 fully saturated rings. The molecule has 0 aromatic heterocycles. The van der Waals surface area contributed by atoms with Gasteiger partial charge in [-0.1, -0.05) is 47.5 Å². The van der Waals surface area contributed by atoms with Crippen molar-refractivity contribution in [1.29, 1.82) is 0 Å². The summed E-state index contributed by atoms with van der Waals surface area (Å²) in [4.78, 5) is 12.7. The van der Waals surface area contributed by atoms with Gasteiger partial charge in [0.05, 0.1) is 6.54 Å². The molecule has 29 heavy (non-hydrogen) atoms. The molecule has 3 rings (SSSR count). The van der Waals surface area contributed by atoms with E-state index in [2.05, 4.69) is 10.6 Å². The lowest BCUT2D eigenvalue weighted by molar-refractivity contribution is -0.125. The lowest BCUT2D eigenvalue weighted by atomic mass is 10.0. The van der Waals surface area contributed by atoms with Crippen LogP contribution in [0.4, 0.5) is 13.2 Å². The molecule has 1 aliphatic rings. The standard InChI is InChI=1S/C20H19Cl2F3N2OS/c21-14-4-5-16(17(22)9-14)12-2-1-3-13(8-12)18-19(28)27-15(6-7-29-18)10-26-11-20(23,24)25/h1-5,8-9,15,18,26H,6-7,10-11H2,(H,27,28)/t15-,18+/m0/s1. The Labute approximate surface area is 181 Å². The summed E-state index contributed by atoms with van der Waals surface area (Å²) in [7, 11) is 0. The van der Waals surface area contributed by atoms with Crippen LogP contribution >= 0.6 is 35.0 Å². The van der Waals surface area contributed by atoms with Gasteiger partial charge >= 0.3 is 6.18 Å². The van der Waals surface area contributed by atoms with Crippen LogP contribution in [0.2, 0.25) is 10.0 Å². The summed E-state index contributed by atoms with van der Waals surface area (Å²) in [5.41, 5.74) is 2.50. The zero-order valence-electron chi connectivity index (χ0n) is 15.2. The van der Waals surface area contributed by atoms with E-state index in [0.29, 0.717) is 22.2 Å². The minimum Gasteiger partial charge on any atom is -0.351 e. The monoisotopic (exact) mass is 462 g/mol. The van der Waals surface area contributed by atoms with E-state index in [0.717, 1.165) is 16.7 Å². The molecular formula is C20H19Cl2F3N2OS. The number of benzene rings is 2. The fourth-order valence-electron chi connectivity index (χ4n) is 3.13. The first-order chi connectivity index (χ1) is 13.7. The topological polar surface area (TPSA) is 41.1 Å². The minimum absolute atomic E-state index is 0.0823. The van der Waals surface area contributed by atoms with Crippen molar-refractivity contribution < 1.29 is 18.0 Å². The van der Waals surface area contributed by atoms with Gasteiger partial charge in [0.2, 0.25) is 5.91 Å². The number of hydrogen-bond donors (Lipinski definition) is 2. The maximum absolute atomic E-state index is 12.7. The van der Waals surface area contributed by atoms with Crippen LogP contribution in [-0.4, -0.2) is 37.0 Å². The number of nitrogens with one attached hydrogen (secondary N) is 2. The number of carbonyl (C=O) groups excluding carboxylic acids is 1. The highest BCUT2D eigenvalue weighted by atomic mass is 35.5. The second-order valence-corrected chi connectivity index (χ2v) is 8.80. The molecular weight excluding hydrogens is 444 g/mol. The molecule has 156 valence electrons. The van der Waals surface area contributed by atoms with Gasteiger partial charge in [-0.05, 0) is 41.5 Å². The average molecular weight is 463 g/mol. The number of hydrogen-bond acceptors (Lipinski definition) is 3. The number of alkyl halides is 3. The fraction of sp³-hybridized carbons (Fsp3) is 0.350. The Balaban J connectivity index is 1.71. The van der Waals surface area contributed by atoms with Gasteiger partial charge in [0.1, 0.15) is 5.25 Å². The Morgan fingerprint density at radius 1 is 1.17 bits per heavy atom. The van der Waals surface area contributed by atoms with Crippen LogP contribution < -0.4 is 10.6 Å². The molecule has 2 atom stereocenters. The summed E-state index contributed by atoms with van der Waals surface area (Å²) in [5, 5.41) is 5.84. The molecule has 0 radical (unpaired) electrons. The van der Waals surface area contributed by atoms with Crippen LogP contribution in [0.15, 0.2) is 42.5 Å². The molecule has 1 aliphatic heterocycles. The molecule has 0 unspecified atom stereocenters. The predicted octanol–water partition coefficient (Wildman–Crippen LogP) is 5.48. The largest absolute Gasteiger partial charge is 0.401 e. The van der Waals surface area contributed by atoms with Crippen molar-refractivity contribution in [2.75, 3.05) is 18.8 Å². The number of halogens is 5. The molecule has 0 saturated carbocycles. The number of amides is 1.